The Hall–Kier alpha value is -1.13. The Bertz CT molecular complexity index is 601. The summed E-state index contributed by atoms with van der Waals surface area (Å²) in [6.07, 6.45) is 4.09. The van der Waals surface area contributed by atoms with Crippen molar-refractivity contribution in [3.8, 4) is 5.75 Å². The molecule has 2 unspecified atom stereocenters. The van der Waals surface area contributed by atoms with Crippen LogP contribution in [0.4, 0.5) is 0 Å². The Morgan fingerprint density at radius 1 is 1.57 bits per heavy atom. The standard InChI is InChI=1S/C16H17ClO3S/c1-10-5-12-9-19-15(18)16(12,7-10)8-11-3-4-14(20-21-2)13(17)6-11/h3-4,6,12H,1,5,7-9H2,2H3. The third kappa shape index (κ3) is 2.55. The van der Waals surface area contributed by atoms with E-state index in [1.807, 2.05) is 24.5 Å². The minimum absolute atomic E-state index is 0.0910. The maximum absolute atomic E-state index is 12.3. The van der Waals surface area contributed by atoms with Crippen LogP contribution in [-0.2, 0) is 16.0 Å². The summed E-state index contributed by atoms with van der Waals surface area (Å²) < 4.78 is 10.7. The van der Waals surface area contributed by atoms with E-state index in [0.29, 0.717) is 23.8 Å². The van der Waals surface area contributed by atoms with Crippen molar-refractivity contribution in [3.05, 3.63) is 40.9 Å². The van der Waals surface area contributed by atoms with Gasteiger partial charge in [-0.15, -0.1) is 0 Å². The lowest BCUT2D eigenvalue weighted by Crippen LogP contribution is -2.31. The topological polar surface area (TPSA) is 35.5 Å². The molecular formula is C16H17ClO3S. The summed E-state index contributed by atoms with van der Waals surface area (Å²) in [6, 6.07) is 5.70. The molecule has 1 aliphatic carbocycles. The van der Waals surface area contributed by atoms with Crippen molar-refractivity contribution in [2.45, 2.75) is 19.3 Å². The van der Waals surface area contributed by atoms with Gasteiger partial charge < -0.3 is 8.92 Å². The maximum Gasteiger partial charge on any atom is 0.313 e. The molecule has 1 heterocycles. The van der Waals surface area contributed by atoms with Gasteiger partial charge in [-0.2, -0.15) is 0 Å². The number of cyclic esters (lactones) is 1. The van der Waals surface area contributed by atoms with Crippen molar-refractivity contribution in [1.82, 2.24) is 0 Å². The van der Waals surface area contributed by atoms with E-state index < -0.39 is 5.41 Å². The van der Waals surface area contributed by atoms with Crippen molar-refractivity contribution >= 4 is 29.6 Å². The predicted octanol–water partition coefficient (Wildman–Crippen LogP) is 4.05. The molecule has 1 aromatic carbocycles. The highest BCUT2D eigenvalue weighted by Gasteiger charge is 2.55. The van der Waals surface area contributed by atoms with E-state index in [1.165, 1.54) is 12.0 Å². The lowest BCUT2D eigenvalue weighted by Gasteiger charge is -2.24. The number of ether oxygens (including phenoxy) is 1. The zero-order chi connectivity index (χ0) is 15.0. The number of rotatable bonds is 4. The van der Waals surface area contributed by atoms with Gasteiger partial charge in [0, 0.05) is 12.2 Å². The summed E-state index contributed by atoms with van der Waals surface area (Å²) >= 11 is 7.48. The summed E-state index contributed by atoms with van der Waals surface area (Å²) in [6.45, 7) is 4.57. The van der Waals surface area contributed by atoms with Crippen LogP contribution in [0.1, 0.15) is 18.4 Å². The van der Waals surface area contributed by atoms with Gasteiger partial charge in [-0.3, -0.25) is 4.79 Å². The summed E-state index contributed by atoms with van der Waals surface area (Å²) in [7, 11) is 0. The van der Waals surface area contributed by atoms with Crippen molar-refractivity contribution in [2.75, 3.05) is 12.9 Å². The van der Waals surface area contributed by atoms with E-state index in [0.717, 1.165) is 24.0 Å². The minimum Gasteiger partial charge on any atom is -0.465 e. The van der Waals surface area contributed by atoms with Crippen LogP contribution in [0.2, 0.25) is 5.02 Å². The minimum atomic E-state index is -0.442. The van der Waals surface area contributed by atoms with Gasteiger partial charge in [0.1, 0.15) is 0 Å². The number of carbonyl (C=O) groups is 1. The fraction of sp³-hybridized carbons (Fsp3) is 0.438. The quantitative estimate of drug-likeness (QED) is 0.475. The van der Waals surface area contributed by atoms with Crippen LogP contribution in [0.25, 0.3) is 0 Å². The lowest BCUT2D eigenvalue weighted by atomic mass is 9.75. The largest absolute Gasteiger partial charge is 0.465 e. The Labute approximate surface area is 133 Å². The Balaban J connectivity index is 1.87. The molecule has 2 atom stereocenters. The van der Waals surface area contributed by atoms with Gasteiger partial charge in [0.2, 0.25) is 0 Å². The number of hydrogen-bond acceptors (Lipinski definition) is 4. The van der Waals surface area contributed by atoms with Crippen LogP contribution in [-0.4, -0.2) is 18.8 Å². The monoisotopic (exact) mass is 324 g/mol. The molecule has 0 amide bonds. The van der Waals surface area contributed by atoms with E-state index in [-0.39, 0.29) is 11.9 Å². The lowest BCUT2D eigenvalue weighted by molar-refractivity contribution is -0.146. The third-order valence-corrected chi connectivity index (χ3v) is 5.03. The van der Waals surface area contributed by atoms with Crippen molar-refractivity contribution in [3.63, 3.8) is 0 Å². The molecular weight excluding hydrogens is 308 g/mol. The number of carbonyl (C=O) groups excluding carboxylic acids is 1. The van der Waals surface area contributed by atoms with Crippen LogP contribution >= 0.6 is 23.6 Å². The first-order valence-electron chi connectivity index (χ1n) is 6.88. The fourth-order valence-electron chi connectivity index (χ4n) is 3.44. The van der Waals surface area contributed by atoms with E-state index in [1.54, 1.807) is 0 Å². The van der Waals surface area contributed by atoms with Crippen LogP contribution in [0.5, 0.6) is 5.75 Å². The average molecular weight is 325 g/mol. The summed E-state index contributed by atoms with van der Waals surface area (Å²) in [5.74, 6) is 0.803. The van der Waals surface area contributed by atoms with Crippen molar-refractivity contribution in [2.24, 2.45) is 11.3 Å². The average Bonchev–Trinajstić information content (AvgIpc) is 2.89. The van der Waals surface area contributed by atoms with Gasteiger partial charge in [0.15, 0.2) is 5.75 Å². The zero-order valence-corrected chi connectivity index (χ0v) is 13.4. The van der Waals surface area contributed by atoms with E-state index in [4.69, 9.17) is 20.5 Å². The predicted molar refractivity (Wildman–Crippen MR) is 84.6 cm³/mol. The van der Waals surface area contributed by atoms with Gasteiger partial charge in [-0.1, -0.05) is 29.8 Å². The molecule has 5 heteroatoms. The van der Waals surface area contributed by atoms with Gasteiger partial charge in [-0.05, 0) is 37.0 Å². The first-order chi connectivity index (χ1) is 10.0. The van der Waals surface area contributed by atoms with Crippen LogP contribution < -0.4 is 4.18 Å². The molecule has 3 rings (SSSR count). The molecule has 3 nitrogen and oxygen atoms in total. The van der Waals surface area contributed by atoms with Crippen LogP contribution in [0.15, 0.2) is 30.4 Å². The Morgan fingerprint density at radius 2 is 2.38 bits per heavy atom. The number of allylic oxidation sites excluding steroid dienone is 1. The highest BCUT2D eigenvalue weighted by Crippen LogP contribution is 2.52. The SMILES string of the molecule is C=C1CC2COC(=O)C2(Cc2ccc(OSC)c(Cl)c2)C1. The normalized spacial score (nSPS) is 27.6. The van der Waals surface area contributed by atoms with Crippen molar-refractivity contribution < 1.29 is 13.7 Å². The molecule has 0 bridgehead atoms. The number of fused-ring (bicyclic) bond motifs is 1. The second-order valence-electron chi connectivity index (χ2n) is 5.77. The molecule has 112 valence electrons. The zero-order valence-electron chi connectivity index (χ0n) is 11.9. The van der Waals surface area contributed by atoms with Gasteiger partial charge in [-0.25, -0.2) is 0 Å². The van der Waals surface area contributed by atoms with Crippen LogP contribution in [0, 0.1) is 11.3 Å². The summed E-state index contributed by atoms with van der Waals surface area (Å²) in [5.41, 5.74) is 1.74. The number of esters is 1. The van der Waals surface area contributed by atoms with E-state index in [9.17, 15) is 4.79 Å². The van der Waals surface area contributed by atoms with E-state index in [2.05, 4.69) is 6.58 Å². The van der Waals surface area contributed by atoms with Gasteiger partial charge >= 0.3 is 5.97 Å². The summed E-state index contributed by atoms with van der Waals surface area (Å²) in [5, 5.41) is 0.568. The van der Waals surface area contributed by atoms with E-state index >= 15 is 0 Å². The Morgan fingerprint density at radius 3 is 3.10 bits per heavy atom. The molecule has 21 heavy (non-hydrogen) atoms. The molecule has 0 aromatic heterocycles. The number of halogens is 1. The highest BCUT2D eigenvalue weighted by molar-refractivity contribution is 7.94. The molecule has 2 aliphatic rings. The van der Waals surface area contributed by atoms with Crippen molar-refractivity contribution in [1.29, 1.82) is 0 Å². The maximum atomic E-state index is 12.3. The van der Waals surface area contributed by atoms with Crippen LogP contribution in [0.3, 0.4) is 0 Å². The number of benzene rings is 1. The molecule has 0 radical (unpaired) electrons. The molecule has 2 fully saturated rings. The van der Waals surface area contributed by atoms with Gasteiger partial charge in [0.25, 0.3) is 0 Å². The first kappa shape index (κ1) is 14.8. The second kappa shape index (κ2) is 5.58. The highest BCUT2D eigenvalue weighted by atomic mass is 35.5. The number of hydrogen-bond donors (Lipinski definition) is 0. The molecule has 0 spiro atoms. The third-order valence-electron chi connectivity index (χ3n) is 4.39. The Kier molecular flexibility index (Phi) is 3.93. The molecule has 0 N–H and O–H groups in total. The molecule has 1 aromatic rings. The molecule has 1 aliphatic heterocycles. The molecule has 1 saturated carbocycles. The fourth-order valence-corrected chi connectivity index (χ4v) is 4.05. The first-order valence-corrected chi connectivity index (χ1v) is 8.41. The summed E-state index contributed by atoms with van der Waals surface area (Å²) in [4.78, 5) is 12.3. The second-order valence-corrected chi connectivity index (χ2v) is 6.68. The van der Waals surface area contributed by atoms with Gasteiger partial charge in [0.05, 0.1) is 29.1 Å². The molecule has 1 saturated heterocycles. The smallest absolute Gasteiger partial charge is 0.313 e.